The fraction of sp³-hybridized carbons (Fsp3) is 0.358. The van der Waals surface area contributed by atoms with Gasteiger partial charge in [0.05, 0.1) is 22.9 Å². The second kappa shape index (κ2) is 24.9. The monoisotopic (exact) mass is 1100 g/mol. The summed E-state index contributed by atoms with van der Waals surface area (Å²) in [5, 5.41) is 34.3. The van der Waals surface area contributed by atoms with Crippen LogP contribution in [-0.4, -0.2) is 85.4 Å². The van der Waals surface area contributed by atoms with Crippen LogP contribution in [0.1, 0.15) is 101 Å². The number of sulfonamides is 2. The third-order valence-corrected chi connectivity index (χ3v) is 19.7. The summed E-state index contributed by atoms with van der Waals surface area (Å²) in [4.78, 5) is 46.9. The molecule has 0 atom stereocenters. The molecule has 0 bridgehead atoms. The Morgan fingerprint density at radius 2 is 1.04 bits per heavy atom. The molecular formula is C53H62N8O10S4. The minimum absolute atomic E-state index is 0.0554. The largest absolute Gasteiger partial charge is 0.382 e. The van der Waals surface area contributed by atoms with Gasteiger partial charge in [0.25, 0.3) is 43.2 Å². The van der Waals surface area contributed by atoms with Gasteiger partial charge in [0, 0.05) is 94.8 Å². The first-order valence-corrected chi connectivity index (χ1v) is 29.2. The lowest BCUT2D eigenvalue weighted by Crippen LogP contribution is -2.42. The predicted octanol–water partition coefficient (Wildman–Crippen LogP) is 9.95. The number of hydrogen-bond acceptors (Lipinski definition) is 14. The van der Waals surface area contributed by atoms with Crippen LogP contribution in [0.5, 0.6) is 0 Å². The lowest BCUT2D eigenvalue weighted by atomic mass is 9.87. The molecule has 0 spiro atoms. The average molecular weight is 1100 g/mol. The zero-order chi connectivity index (χ0) is 53.9. The van der Waals surface area contributed by atoms with Crippen molar-refractivity contribution in [1.29, 1.82) is 0 Å². The molecule has 22 heteroatoms. The summed E-state index contributed by atoms with van der Waals surface area (Å²) in [5.74, 6) is -0.926. The van der Waals surface area contributed by atoms with Crippen LogP contribution in [-0.2, 0) is 45.0 Å². The van der Waals surface area contributed by atoms with Gasteiger partial charge in [-0.1, -0.05) is 70.5 Å². The molecular weight excluding hydrogens is 1040 g/mol. The molecule has 2 aromatic heterocycles. The zero-order valence-corrected chi connectivity index (χ0v) is 45.5. The van der Waals surface area contributed by atoms with E-state index < -0.39 is 41.7 Å². The average Bonchev–Trinajstić information content (AvgIpc) is 4.10. The van der Waals surface area contributed by atoms with Gasteiger partial charge in [-0.05, 0) is 109 Å². The minimum atomic E-state index is -3.63. The lowest BCUT2D eigenvalue weighted by molar-refractivity contribution is -0.385. The van der Waals surface area contributed by atoms with Crippen LogP contribution in [0.4, 0.5) is 22.7 Å². The Bertz CT molecular complexity index is 3190. The van der Waals surface area contributed by atoms with Crippen LogP contribution < -0.4 is 21.3 Å². The summed E-state index contributed by atoms with van der Waals surface area (Å²) in [6.07, 6.45) is 5.01. The van der Waals surface area contributed by atoms with Gasteiger partial charge in [0.1, 0.15) is 8.42 Å². The van der Waals surface area contributed by atoms with Gasteiger partial charge in [-0.25, -0.2) is 16.8 Å². The van der Waals surface area contributed by atoms with Gasteiger partial charge < -0.3 is 21.3 Å². The standard InChI is InChI=1S/C27H32N4O5S2.C26H30N4O5S2/c1-27(2,3)20-7-5-8-22(17-20)29-21-12-14-30(15-13-21)38(35,36)25-11-10-24(37-25)18-28-26(32)19-6-4-9-23(16-19)31(33)34;1-2-4-19-7-9-21(10-8-19)28-22-13-15-29(16-14-22)37(34,35)25-12-11-24(36-25)18-27-26(31)20-5-3-6-23(17-20)30(32)33/h4-11,16-17,21,29H,12-15,18H2,1-3H3,(H,28,32);3,5-12,17,22,28H,2,4,13-16,18H2,1H3,(H,27,31). The van der Waals surface area contributed by atoms with Gasteiger partial charge in [0.15, 0.2) is 0 Å². The topological polar surface area (TPSA) is 243 Å². The Balaban J connectivity index is 0.000000219. The molecule has 8 rings (SSSR count). The molecule has 6 aromatic rings. The van der Waals surface area contributed by atoms with E-state index in [9.17, 15) is 46.7 Å². The number of aryl methyl sites for hydroxylation is 1. The number of nitrogens with one attached hydrogen (secondary N) is 4. The molecule has 0 saturated carbocycles. The molecule has 18 nitrogen and oxygen atoms in total. The van der Waals surface area contributed by atoms with Crippen molar-refractivity contribution in [1.82, 2.24) is 19.2 Å². The maximum Gasteiger partial charge on any atom is 0.270 e. The van der Waals surface area contributed by atoms with E-state index in [2.05, 4.69) is 85.4 Å². The third kappa shape index (κ3) is 15.1. The molecule has 4 heterocycles. The Morgan fingerprint density at radius 1 is 0.600 bits per heavy atom. The number of piperidine rings is 2. The van der Waals surface area contributed by atoms with Crippen molar-refractivity contribution in [2.45, 2.75) is 105 Å². The maximum atomic E-state index is 13.2. The molecule has 4 aromatic carbocycles. The number of nitro benzene ring substituents is 2. The number of benzene rings is 4. The lowest BCUT2D eigenvalue weighted by Gasteiger charge is -2.32. The minimum Gasteiger partial charge on any atom is -0.382 e. The molecule has 398 valence electrons. The Labute approximate surface area is 446 Å². The quantitative estimate of drug-likeness (QED) is 0.0464. The van der Waals surface area contributed by atoms with E-state index in [1.165, 1.54) is 68.3 Å². The van der Waals surface area contributed by atoms with E-state index in [1.54, 1.807) is 24.3 Å². The van der Waals surface area contributed by atoms with E-state index in [0.717, 1.165) is 46.9 Å². The number of carbonyl (C=O) groups excluding carboxylic acids is 2. The summed E-state index contributed by atoms with van der Waals surface area (Å²) in [6, 6.07) is 34.6. The highest BCUT2D eigenvalue weighted by atomic mass is 32.3. The summed E-state index contributed by atoms with van der Waals surface area (Å²) in [6.45, 7) is 10.7. The molecule has 2 aliphatic rings. The Morgan fingerprint density at radius 3 is 1.47 bits per heavy atom. The van der Waals surface area contributed by atoms with Crippen LogP contribution in [0, 0.1) is 20.2 Å². The van der Waals surface area contributed by atoms with E-state index in [4.69, 9.17) is 0 Å². The number of nitro groups is 2. The zero-order valence-electron chi connectivity index (χ0n) is 42.2. The smallest absolute Gasteiger partial charge is 0.270 e. The van der Waals surface area contributed by atoms with Gasteiger partial charge in [-0.2, -0.15) is 8.61 Å². The summed E-state index contributed by atoms with van der Waals surface area (Å²) < 4.78 is 56.4. The maximum absolute atomic E-state index is 13.2. The molecule has 75 heavy (non-hydrogen) atoms. The van der Waals surface area contributed by atoms with E-state index in [0.29, 0.717) is 61.6 Å². The molecule has 2 fully saturated rings. The number of carbonyl (C=O) groups is 2. The molecule has 2 amide bonds. The van der Waals surface area contributed by atoms with Crippen LogP contribution in [0.15, 0.2) is 130 Å². The molecule has 2 saturated heterocycles. The van der Waals surface area contributed by atoms with Crippen LogP contribution in [0.25, 0.3) is 0 Å². The molecule has 0 aliphatic carbocycles. The van der Waals surface area contributed by atoms with Crippen molar-refractivity contribution >= 4 is 77.3 Å². The Hall–Kier alpha value is -6.56. The van der Waals surface area contributed by atoms with E-state index in [1.807, 2.05) is 12.1 Å². The molecule has 0 unspecified atom stereocenters. The first kappa shape index (κ1) is 56.2. The number of rotatable bonds is 18. The summed E-state index contributed by atoms with van der Waals surface area (Å²) in [7, 11) is -7.25. The van der Waals surface area contributed by atoms with Gasteiger partial charge in [0.2, 0.25) is 0 Å². The first-order chi connectivity index (χ1) is 35.7. The van der Waals surface area contributed by atoms with Gasteiger partial charge >= 0.3 is 0 Å². The third-order valence-electron chi connectivity index (χ3n) is 12.8. The van der Waals surface area contributed by atoms with Crippen LogP contribution in [0.3, 0.4) is 0 Å². The predicted molar refractivity (Wildman–Crippen MR) is 294 cm³/mol. The first-order valence-electron chi connectivity index (χ1n) is 24.6. The van der Waals surface area contributed by atoms with Gasteiger partial charge in [-0.3, -0.25) is 29.8 Å². The number of hydrogen-bond donors (Lipinski definition) is 4. The molecule has 4 N–H and O–H groups in total. The SMILES string of the molecule is CC(C)(C)c1cccc(NC2CCN(S(=O)(=O)c3ccc(CNC(=O)c4cccc([N+](=O)[O-])c4)s3)CC2)c1.CCCc1ccc(NC2CCN(S(=O)(=O)c3ccc(CNC(=O)c4cccc([N+](=O)[O-])c4)s3)CC2)cc1. The van der Waals surface area contributed by atoms with Crippen LogP contribution >= 0.6 is 22.7 Å². The number of nitrogens with zero attached hydrogens (tertiary/aromatic N) is 4. The van der Waals surface area contributed by atoms with Crippen molar-refractivity contribution in [3.8, 4) is 0 Å². The van der Waals surface area contributed by atoms with E-state index >= 15 is 0 Å². The number of thiophene rings is 2. The Kier molecular flexibility index (Phi) is 18.6. The van der Waals surface area contributed by atoms with Gasteiger partial charge in [-0.15, -0.1) is 22.7 Å². The number of amides is 2. The van der Waals surface area contributed by atoms with Crippen molar-refractivity contribution in [3.05, 3.63) is 174 Å². The highest BCUT2D eigenvalue weighted by molar-refractivity contribution is 7.91. The van der Waals surface area contributed by atoms with E-state index in [-0.39, 0.29) is 61.5 Å². The number of anilines is 2. The number of non-ortho nitro benzene ring substituents is 2. The highest BCUT2D eigenvalue weighted by Gasteiger charge is 2.32. The molecule has 2 aliphatic heterocycles. The second-order valence-corrected chi connectivity index (χ2v) is 26.0. The van der Waals surface area contributed by atoms with Crippen LogP contribution in [0.2, 0.25) is 0 Å². The second-order valence-electron chi connectivity index (χ2n) is 19.3. The fourth-order valence-corrected chi connectivity index (χ4v) is 14.4. The van der Waals surface area contributed by atoms with Crippen molar-refractivity contribution in [3.63, 3.8) is 0 Å². The fourth-order valence-electron chi connectivity index (χ4n) is 8.58. The summed E-state index contributed by atoms with van der Waals surface area (Å²) >= 11 is 2.24. The summed E-state index contributed by atoms with van der Waals surface area (Å²) in [5.41, 5.74) is 4.73. The van der Waals surface area contributed by atoms with Crippen molar-refractivity contribution in [2.24, 2.45) is 0 Å². The molecule has 0 radical (unpaired) electrons. The highest BCUT2D eigenvalue weighted by Crippen LogP contribution is 2.31. The normalized spacial score (nSPS) is 15.0. The van der Waals surface area contributed by atoms with Crippen molar-refractivity contribution in [2.75, 3.05) is 36.8 Å². The van der Waals surface area contributed by atoms with Crippen molar-refractivity contribution < 1.29 is 36.3 Å².